The van der Waals surface area contributed by atoms with Crippen molar-refractivity contribution in [3.63, 3.8) is 0 Å². The van der Waals surface area contributed by atoms with Gasteiger partial charge in [-0.1, -0.05) is 12.1 Å². The van der Waals surface area contributed by atoms with Crippen LogP contribution in [0.25, 0.3) is 0 Å². The number of hydrogen-bond donors (Lipinski definition) is 2. The molecule has 0 saturated carbocycles. The zero-order chi connectivity index (χ0) is 21.7. The summed E-state index contributed by atoms with van der Waals surface area (Å²) in [7, 11) is 0. The minimum absolute atomic E-state index is 0.0106. The Kier molecular flexibility index (Phi) is 7.38. The van der Waals surface area contributed by atoms with Crippen molar-refractivity contribution in [1.29, 1.82) is 0 Å². The fraction of sp³-hybridized carbons (Fsp3) is 0.524. The van der Waals surface area contributed by atoms with E-state index in [0.29, 0.717) is 38.0 Å². The minimum Gasteiger partial charge on any atom is -0.461 e. The topological polar surface area (TPSA) is 77.4 Å². The Bertz CT molecular complexity index is 855. The Morgan fingerprint density at radius 1 is 1.37 bits per heavy atom. The summed E-state index contributed by atoms with van der Waals surface area (Å²) in [6, 6.07) is 6.84. The van der Waals surface area contributed by atoms with E-state index in [4.69, 9.17) is 4.74 Å². The van der Waals surface area contributed by atoms with Gasteiger partial charge < -0.3 is 20.1 Å². The first-order valence-electron chi connectivity index (χ1n) is 10.2. The van der Waals surface area contributed by atoms with Crippen LogP contribution >= 0.6 is 0 Å². The van der Waals surface area contributed by atoms with E-state index < -0.39 is 6.61 Å². The second-order valence-electron chi connectivity index (χ2n) is 7.33. The molecule has 0 saturated heterocycles. The molecule has 7 nitrogen and oxygen atoms in total. The molecule has 0 bridgehead atoms. The number of rotatable bonds is 9. The van der Waals surface area contributed by atoms with E-state index in [1.165, 1.54) is 12.1 Å². The number of carbonyl (C=O) groups is 1. The molecular weight excluding hydrogens is 394 g/mol. The molecule has 3 rings (SSSR count). The lowest BCUT2D eigenvalue weighted by atomic mass is 10.0. The lowest BCUT2D eigenvalue weighted by Gasteiger charge is -2.19. The average Bonchev–Trinajstić information content (AvgIpc) is 3.05. The van der Waals surface area contributed by atoms with E-state index in [1.54, 1.807) is 23.7 Å². The molecule has 0 amide bonds. The van der Waals surface area contributed by atoms with E-state index in [9.17, 15) is 13.6 Å². The summed E-state index contributed by atoms with van der Waals surface area (Å²) in [5, 5.41) is 11.4. The molecule has 0 aliphatic carbocycles. The smallest absolute Gasteiger partial charge is 0.387 e. The fourth-order valence-corrected chi connectivity index (χ4v) is 3.57. The van der Waals surface area contributed by atoms with Crippen molar-refractivity contribution >= 4 is 5.97 Å². The van der Waals surface area contributed by atoms with Crippen LogP contribution in [0.15, 0.2) is 24.3 Å². The zero-order valence-electron chi connectivity index (χ0n) is 17.5. The van der Waals surface area contributed by atoms with E-state index in [-0.39, 0.29) is 17.8 Å². The SMILES string of the molecule is CCOC(=O)c1c2c(nn1CCNC(C)c1ccc(OC(F)F)cc1)C[C@@H](C)NC2. The van der Waals surface area contributed by atoms with Gasteiger partial charge in [-0.05, 0) is 38.5 Å². The van der Waals surface area contributed by atoms with Crippen LogP contribution in [0.3, 0.4) is 0 Å². The van der Waals surface area contributed by atoms with Crippen LogP contribution < -0.4 is 15.4 Å². The number of esters is 1. The number of benzene rings is 1. The Labute approximate surface area is 174 Å². The van der Waals surface area contributed by atoms with Gasteiger partial charge in [-0.15, -0.1) is 0 Å². The molecule has 1 aliphatic heterocycles. The second-order valence-corrected chi connectivity index (χ2v) is 7.33. The molecule has 0 spiro atoms. The summed E-state index contributed by atoms with van der Waals surface area (Å²) >= 11 is 0. The molecule has 2 atom stereocenters. The molecule has 0 radical (unpaired) electrons. The molecule has 1 aliphatic rings. The van der Waals surface area contributed by atoms with E-state index >= 15 is 0 Å². The fourth-order valence-electron chi connectivity index (χ4n) is 3.57. The van der Waals surface area contributed by atoms with Gasteiger partial charge in [0.1, 0.15) is 5.75 Å². The van der Waals surface area contributed by atoms with Crippen molar-refractivity contribution in [3.8, 4) is 5.75 Å². The number of ether oxygens (including phenoxy) is 2. The van der Waals surface area contributed by atoms with Gasteiger partial charge >= 0.3 is 12.6 Å². The van der Waals surface area contributed by atoms with Crippen LogP contribution in [0, 0.1) is 0 Å². The lowest BCUT2D eigenvalue weighted by molar-refractivity contribution is -0.0498. The van der Waals surface area contributed by atoms with Crippen molar-refractivity contribution in [3.05, 3.63) is 46.8 Å². The normalized spacial score (nSPS) is 16.9. The number of nitrogens with one attached hydrogen (secondary N) is 2. The number of halogens is 2. The van der Waals surface area contributed by atoms with Crippen molar-refractivity contribution in [1.82, 2.24) is 20.4 Å². The molecule has 1 unspecified atom stereocenters. The summed E-state index contributed by atoms with van der Waals surface area (Å²) in [4.78, 5) is 12.5. The maximum Gasteiger partial charge on any atom is 0.387 e. The van der Waals surface area contributed by atoms with Gasteiger partial charge in [0.25, 0.3) is 0 Å². The molecule has 1 aromatic carbocycles. The third-order valence-corrected chi connectivity index (χ3v) is 5.11. The van der Waals surface area contributed by atoms with Gasteiger partial charge in [0.15, 0.2) is 5.69 Å². The third kappa shape index (κ3) is 5.34. The van der Waals surface area contributed by atoms with Crippen molar-refractivity contribution in [2.24, 2.45) is 0 Å². The summed E-state index contributed by atoms with van der Waals surface area (Å²) in [5.41, 5.74) is 3.30. The van der Waals surface area contributed by atoms with E-state index in [2.05, 4.69) is 27.4 Å². The second kappa shape index (κ2) is 9.99. The highest BCUT2D eigenvalue weighted by Crippen LogP contribution is 2.22. The highest BCUT2D eigenvalue weighted by atomic mass is 19.3. The Balaban J connectivity index is 1.64. The molecule has 0 fully saturated rings. The number of carbonyl (C=O) groups excluding carboxylic acids is 1. The minimum atomic E-state index is -2.84. The van der Waals surface area contributed by atoms with E-state index in [0.717, 1.165) is 23.2 Å². The van der Waals surface area contributed by atoms with Crippen molar-refractivity contribution < 1.29 is 23.0 Å². The third-order valence-electron chi connectivity index (χ3n) is 5.11. The van der Waals surface area contributed by atoms with Crippen LogP contribution in [-0.4, -0.2) is 41.6 Å². The largest absolute Gasteiger partial charge is 0.461 e. The monoisotopic (exact) mass is 422 g/mol. The number of fused-ring (bicyclic) bond motifs is 1. The highest BCUT2D eigenvalue weighted by molar-refractivity contribution is 5.89. The summed E-state index contributed by atoms with van der Waals surface area (Å²) in [5.74, 6) is -0.227. The first-order chi connectivity index (χ1) is 14.4. The van der Waals surface area contributed by atoms with Crippen LogP contribution in [0.4, 0.5) is 8.78 Å². The molecule has 164 valence electrons. The van der Waals surface area contributed by atoms with Crippen LogP contribution in [0.5, 0.6) is 5.75 Å². The van der Waals surface area contributed by atoms with E-state index in [1.807, 2.05) is 6.92 Å². The predicted octanol–water partition coefficient (Wildman–Crippen LogP) is 3.05. The van der Waals surface area contributed by atoms with Crippen molar-refractivity contribution in [2.45, 2.75) is 59.0 Å². The molecule has 2 aromatic rings. The molecular formula is C21H28F2N4O3. The van der Waals surface area contributed by atoms with Crippen LogP contribution in [0.2, 0.25) is 0 Å². The van der Waals surface area contributed by atoms with Gasteiger partial charge in [-0.25, -0.2) is 4.79 Å². The Hall–Kier alpha value is -2.52. The number of hydrogen-bond acceptors (Lipinski definition) is 6. The lowest BCUT2D eigenvalue weighted by Crippen LogP contribution is -2.33. The first kappa shape index (κ1) is 22.2. The number of nitrogens with zero attached hydrogens (tertiary/aromatic N) is 2. The molecule has 2 heterocycles. The summed E-state index contributed by atoms with van der Waals surface area (Å²) < 4.78 is 35.9. The average molecular weight is 422 g/mol. The highest BCUT2D eigenvalue weighted by Gasteiger charge is 2.28. The van der Waals surface area contributed by atoms with Gasteiger partial charge in [0.2, 0.25) is 0 Å². The molecule has 9 heteroatoms. The van der Waals surface area contributed by atoms with Gasteiger partial charge in [-0.3, -0.25) is 4.68 Å². The quantitative estimate of drug-likeness (QED) is 0.605. The van der Waals surface area contributed by atoms with Crippen LogP contribution in [-0.2, 0) is 24.2 Å². The number of aromatic nitrogens is 2. The van der Waals surface area contributed by atoms with Gasteiger partial charge in [-0.2, -0.15) is 13.9 Å². The van der Waals surface area contributed by atoms with Crippen LogP contribution in [0.1, 0.15) is 54.1 Å². The molecule has 1 aromatic heterocycles. The Morgan fingerprint density at radius 3 is 2.77 bits per heavy atom. The summed E-state index contributed by atoms with van der Waals surface area (Å²) in [6.45, 7) is 5.01. The van der Waals surface area contributed by atoms with Gasteiger partial charge in [0.05, 0.1) is 18.8 Å². The molecule has 2 N–H and O–H groups in total. The summed E-state index contributed by atoms with van der Waals surface area (Å²) in [6.07, 6.45) is 0.769. The van der Waals surface area contributed by atoms with Crippen molar-refractivity contribution in [2.75, 3.05) is 13.2 Å². The standard InChI is InChI=1S/C21H28F2N4O3/c1-4-29-20(28)19-17-12-25-13(2)11-18(17)26-27(19)10-9-24-14(3)15-5-7-16(8-6-15)30-21(22)23/h5-8,13-14,21,24-25H,4,9-12H2,1-3H3/t13-,14?/m1/s1. The zero-order valence-corrected chi connectivity index (χ0v) is 17.5. The molecule has 30 heavy (non-hydrogen) atoms. The maximum absolute atomic E-state index is 12.5. The predicted molar refractivity (Wildman–Crippen MR) is 108 cm³/mol. The Morgan fingerprint density at radius 2 is 2.10 bits per heavy atom. The first-order valence-corrected chi connectivity index (χ1v) is 10.2. The maximum atomic E-state index is 12.5. The van der Waals surface area contributed by atoms with Gasteiger partial charge in [0, 0.05) is 37.2 Å². The number of alkyl halides is 2.